The molecule has 8 nitrogen and oxygen atoms in total. The van der Waals surface area contributed by atoms with Gasteiger partial charge in [0.25, 0.3) is 5.91 Å². The van der Waals surface area contributed by atoms with Gasteiger partial charge in [0, 0.05) is 13.2 Å². The van der Waals surface area contributed by atoms with E-state index in [9.17, 15) is 4.79 Å². The molecular formula is C9H11N7O. The molecule has 4 N–H and O–H groups in total. The van der Waals surface area contributed by atoms with Crippen molar-refractivity contribution in [3.8, 4) is 0 Å². The molecule has 2 aromatic heterocycles. The Balaban J connectivity index is 2.09. The van der Waals surface area contributed by atoms with Crippen LogP contribution in [0.1, 0.15) is 10.5 Å². The van der Waals surface area contributed by atoms with Crippen molar-refractivity contribution in [3.05, 3.63) is 30.5 Å². The van der Waals surface area contributed by atoms with Gasteiger partial charge in [-0.3, -0.25) is 9.48 Å². The summed E-state index contributed by atoms with van der Waals surface area (Å²) in [6.45, 7) is 0. The molecule has 2 aromatic rings. The van der Waals surface area contributed by atoms with Crippen molar-refractivity contribution in [1.82, 2.24) is 19.7 Å². The number of nitrogens with two attached hydrogens (primary N) is 1. The van der Waals surface area contributed by atoms with Crippen LogP contribution in [0.5, 0.6) is 0 Å². The number of hydrazine groups is 1. The summed E-state index contributed by atoms with van der Waals surface area (Å²) in [6, 6.07) is 0. The molecule has 0 spiro atoms. The molecule has 0 atom stereocenters. The zero-order valence-electron chi connectivity index (χ0n) is 9.08. The van der Waals surface area contributed by atoms with E-state index in [1.165, 1.54) is 12.4 Å². The van der Waals surface area contributed by atoms with Crippen molar-refractivity contribution in [2.45, 2.75) is 0 Å². The third-order valence-electron chi connectivity index (χ3n) is 2.00. The number of carbonyl (C=O) groups excluding carboxylic acids is 1. The van der Waals surface area contributed by atoms with E-state index >= 15 is 0 Å². The molecule has 2 rings (SSSR count). The maximum atomic E-state index is 11.7. The molecule has 0 saturated carbocycles. The SMILES string of the molecule is Cn1cc(NC(=O)c2cnc(NN)cn2)cn1. The van der Waals surface area contributed by atoms with Crippen molar-refractivity contribution in [2.24, 2.45) is 12.9 Å². The Hall–Kier alpha value is -2.48. The minimum atomic E-state index is -0.353. The van der Waals surface area contributed by atoms with Gasteiger partial charge in [-0.15, -0.1) is 0 Å². The molecule has 0 radical (unpaired) electrons. The van der Waals surface area contributed by atoms with E-state index in [-0.39, 0.29) is 11.6 Å². The lowest BCUT2D eigenvalue weighted by atomic mass is 10.4. The molecule has 8 heteroatoms. The molecule has 0 aliphatic heterocycles. The van der Waals surface area contributed by atoms with E-state index in [0.717, 1.165) is 0 Å². The number of anilines is 2. The van der Waals surface area contributed by atoms with Gasteiger partial charge in [-0.25, -0.2) is 15.8 Å². The van der Waals surface area contributed by atoms with Crippen LogP contribution in [0, 0.1) is 0 Å². The summed E-state index contributed by atoms with van der Waals surface area (Å²) in [4.78, 5) is 19.5. The fourth-order valence-electron chi connectivity index (χ4n) is 1.20. The van der Waals surface area contributed by atoms with E-state index in [4.69, 9.17) is 5.84 Å². The van der Waals surface area contributed by atoms with Gasteiger partial charge < -0.3 is 10.7 Å². The van der Waals surface area contributed by atoms with Crippen molar-refractivity contribution >= 4 is 17.4 Å². The minimum Gasteiger partial charge on any atom is -0.318 e. The third-order valence-corrected chi connectivity index (χ3v) is 2.00. The molecule has 1 amide bonds. The first-order valence-electron chi connectivity index (χ1n) is 4.77. The molecule has 17 heavy (non-hydrogen) atoms. The Kier molecular flexibility index (Phi) is 2.97. The molecule has 0 fully saturated rings. The quantitative estimate of drug-likeness (QED) is 0.498. The summed E-state index contributed by atoms with van der Waals surface area (Å²) >= 11 is 0. The minimum absolute atomic E-state index is 0.202. The van der Waals surface area contributed by atoms with Gasteiger partial charge in [0.15, 0.2) is 5.82 Å². The van der Waals surface area contributed by atoms with Crippen LogP contribution in [0.3, 0.4) is 0 Å². The van der Waals surface area contributed by atoms with Gasteiger partial charge in [-0.1, -0.05) is 0 Å². The fourth-order valence-corrected chi connectivity index (χ4v) is 1.20. The summed E-state index contributed by atoms with van der Waals surface area (Å²) < 4.78 is 1.59. The standard InChI is InChI=1S/C9H11N7O/c1-16-5-6(2-13-16)14-9(17)7-3-12-8(15-10)4-11-7/h2-5H,10H2,1H3,(H,12,15)(H,14,17). The number of nitrogen functional groups attached to an aromatic ring is 1. The monoisotopic (exact) mass is 233 g/mol. The lowest BCUT2D eigenvalue weighted by Crippen LogP contribution is -2.15. The summed E-state index contributed by atoms with van der Waals surface area (Å²) in [5.41, 5.74) is 3.13. The Morgan fingerprint density at radius 2 is 2.18 bits per heavy atom. The molecule has 0 aromatic carbocycles. The first kappa shape index (κ1) is 11.0. The molecule has 0 bridgehead atoms. The second-order valence-corrected chi connectivity index (χ2v) is 3.29. The maximum absolute atomic E-state index is 11.7. The Bertz CT molecular complexity index is 518. The van der Waals surface area contributed by atoms with Crippen LogP contribution < -0.4 is 16.6 Å². The van der Waals surface area contributed by atoms with Crippen LogP contribution in [0.2, 0.25) is 0 Å². The molecule has 0 aliphatic rings. The lowest BCUT2D eigenvalue weighted by molar-refractivity contribution is 0.102. The Morgan fingerprint density at radius 3 is 2.71 bits per heavy atom. The number of hydrogen-bond acceptors (Lipinski definition) is 6. The van der Waals surface area contributed by atoms with Crippen LogP contribution in [0.15, 0.2) is 24.8 Å². The molecule has 2 heterocycles. The average molecular weight is 233 g/mol. The van der Waals surface area contributed by atoms with Gasteiger partial charge in [0.2, 0.25) is 0 Å². The zero-order valence-corrected chi connectivity index (χ0v) is 9.08. The molecule has 0 unspecified atom stereocenters. The number of carbonyl (C=O) groups is 1. The topological polar surface area (TPSA) is 111 Å². The van der Waals surface area contributed by atoms with E-state index in [1.807, 2.05) is 0 Å². The van der Waals surface area contributed by atoms with Gasteiger partial charge in [0.05, 0.1) is 24.3 Å². The van der Waals surface area contributed by atoms with Crippen molar-refractivity contribution < 1.29 is 4.79 Å². The van der Waals surface area contributed by atoms with Gasteiger partial charge in [-0.2, -0.15) is 5.10 Å². The van der Waals surface area contributed by atoms with Gasteiger partial charge in [-0.05, 0) is 0 Å². The van der Waals surface area contributed by atoms with E-state index < -0.39 is 0 Å². The van der Waals surface area contributed by atoms with Crippen LogP contribution in [-0.4, -0.2) is 25.7 Å². The van der Waals surface area contributed by atoms with Crippen molar-refractivity contribution in [2.75, 3.05) is 10.7 Å². The average Bonchev–Trinajstić information content (AvgIpc) is 2.75. The summed E-state index contributed by atoms with van der Waals surface area (Å²) in [7, 11) is 1.76. The van der Waals surface area contributed by atoms with Crippen LogP contribution in [-0.2, 0) is 7.05 Å². The second kappa shape index (κ2) is 4.58. The van der Waals surface area contributed by atoms with Gasteiger partial charge in [0.1, 0.15) is 5.69 Å². The highest BCUT2D eigenvalue weighted by molar-refractivity contribution is 6.02. The normalized spacial score (nSPS) is 10.0. The van der Waals surface area contributed by atoms with E-state index in [2.05, 4.69) is 25.8 Å². The first-order chi connectivity index (χ1) is 8.19. The number of nitrogens with zero attached hydrogens (tertiary/aromatic N) is 4. The molecular weight excluding hydrogens is 222 g/mol. The number of amides is 1. The van der Waals surface area contributed by atoms with E-state index in [1.54, 1.807) is 24.1 Å². The van der Waals surface area contributed by atoms with Crippen LogP contribution in [0.4, 0.5) is 11.5 Å². The second-order valence-electron chi connectivity index (χ2n) is 3.29. The van der Waals surface area contributed by atoms with Gasteiger partial charge >= 0.3 is 0 Å². The number of aryl methyl sites for hydroxylation is 1. The number of aromatic nitrogens is 4. The third kappa shape index (κ3) is 2.55. The Morgan fingerprint density at radius 1 is 1.35 bits per heavy atom. The largest absolute Gasteiger partial charge is 0.318 e. The lowest BCUT2D eigenvalue weighted by Gasteiger charge is -2.02. The maximum Gasteiger partial charge on any atom is 0.275 e. The highest BCUT2D eigenvalue weighted by atomic mass is 16.1. The number of hydrogen-bond donors (Lipinski definition) is 3. The highest BCUT2D eigenvalue weighted by Crippen LogP contribution is 2.06. The predicted octanol–water partition coefficient (Wildman–Crippen LogP) is -0.252. The summed E-state index contributed by atoms with van der Waals surface area (Å²) in [5.74, 6) is 5.18. The Labute approximate surface area is 96.8 Å². The molecule has 0 saturated heterocycles. The number of nitrogens with one attached hydrogen (secondary N) is 2. The number of rotatable bonds is 3. The fraction of sp³-hybridized carbons (Fsp3) is 0.111. The zero-order chi connectivity index (χ0) is 12.3. The molecule has 88 valence electrons. The molecule has 0 aliphatic carbocycles. The van der Waals surface area contributed by atoms with Crippen molar-refractivity contribution in [3.63, 3.8) is 0 Å². The summed E-state index contributed by atoms with van der Waals surface area (Å²) in [6.07, 6.45) is 5.93. The van der Waals surface area contributed by atoms with Crippen molar-refractivity contribution in [1.29, 1.82) is 0 Å². The van der Waals surface area contributed by atoms with E-state index in [0.29, 0.717) is 11.5 Å². The first-order valence-corrected chi connectivity index (χ1v) is 4.77. The van der Waals surface area contributed by atoms with Crippen LogP contribution >= 0.6 is 0 Å². The highest BCUT2D eigenvalue weighted by Gasteiger charge is 2.09. The van der Waals surface area contributed by atoms with Crippen LogP contribution in [0.25, 0.3) is 0 Å². The predicted molar refractivity (Wildman–Crippen MR) is 61.0 cm³/mol. The smallest absolute Gasteiger partial charge is 0.275 e. The summed E-state index contributed by atoms with van der Waals surface area (Å²) in [5, 5.41) is 6.57.